The average Bonchev–Trinajstić information content (AvgIpc) is 3.21. The van der Waals surface area contributed by atoms with Crippen molar-refractivity contribution < 1.29 is 16.8 Å². The first-order valence-corrected chi connectivity index (χ1v) is 13.8. The number of hydrogen-bond acceptors (Lipinski definition) is 10. The molecule has 0 unspecified atom stereocenters. The van der Waals surface area contributed by atoms with Gasteiger partial charge in [0.2, 0.25) is 0 Å². The van der Waals surface area contributed by atoms with Crippen molar-refractivity contribution in [2.45, 2.75) is 16.7 Å². The third-order valence-electron chi connectivity index (χ3n) is 4.62. The van der Waals surface area contributed by atoms with Gasteiger partial charge in [-0.15, -0.1) is 11.3 Å². The van der Waals surface area contributed by atoms with Gasteiger partial charge in [0.25, 0.3) is 0 Å². The highest BCUT2D eigenvalue weighted by atomic mass is 32.2. The molecule has 0 atom stereocenters. The molecular weight excluding hydrogens is 470 g/mol. The van der Waals surface area contributed by atoms with Crippen LogP contribution in [0.2, 0.25) is 0 Å². The van der Waals surface area contributed by atoms with Gasteiger partial charge in [-0.05, 0) is 36.4 Å². The lowest BCUT2D eigenvalue weighted by Crippen LogP contribution is -2.08. The molecule has 2 aromatic carbocycles. The Labute approximate surface area is 189 Å². The van der Waals surface area contributed by atoms with E-state index in [-0.39, 0.29) is 21.2 Å². The second-order valence-electron chi connectivity index (χ2n) is 6.91. The van der Waals surface area contributed by atoms with Gasteiger partial charge in [0.15, 0.2) is 19.7 Å². The number of anilines is 4. The quantitative estimate of drug-likeness (QED) is 0.398. The molecule has 2 aromatic heterocycles. The fourth-order valence-electron chi connectivity index (χ4n) is 3.00. The molecule has 0 aliphatic rings. The molecule has 0 fully saturated rings. The first-order chi connectivity index (χ1) is 15.2. The summed E-state index contributed by atoms with van der Waals surface area (Å²) in [4.78, 5) is 12.6. The summed E-state index contributed by atoms with van der Waals surface area (Å²) in [5.74, 6) is 0.679. The summed E-state index contributed by atoms with van der Waals surface area (Å²) in [6, 6.07) is 11.2. The minimum atomic E-state index is -3.62. The van der Waals surface area contributed by atoms with Gasteiger partial charge in [0, 0.05) is 18.0 Å². The molecule has 2 heterocycles. The van der Waals surface area contributed by atoms with Crippen molar-refractivity contribution in [3.8, 4) is 0 Å². The Hall–Kier alpha value is -3.09. The van der Waals surface area contributed by atoms with Gasteiger partial charge < -0.3 is 10.6 Å². The number of nitrogens with one attached hydrogen (secondary N) is 2. The summed E-state index contributed by atoms with van der Waals surface area (Å²) in [6.07, 6.45) is 2.38. The number of aromatic nitrogens is 3. The van der Waals surface area contributed by atoms with Crippen LogP contribution in [0.4, 0.5) is 23.0 Å². The molecule has 0 radical (unpaired) electrons. The normalized spacial score (nSPS) is 12.1. The van der Waals surface area contributed by atoms with Crippen molar-refractivity contribution in [2.75, 3.05) is 22.6 Å². The van der Waals surface area contributed by atoms with Crippen LogP contribution in [-0.2, 0) is 19.7 Å². The van der Waals surface area contributed by atoms with Crippen LogP contribution in [0.25, 0.3) is 10.2 Å². The second kappa shape index (κ2) is 8.45. The highest BCUT2D eigenvalue weighted by Crippen LogP contribution is 2.29. The maximum Gasteiger partial charge on any atom is 0.178 e. The predicted octanol–water partition coefficient (Wildman–Crippen LogP) is 3.77. The van der Waals surface area contributed by atoms with Crippen LogP contribution in [0.3, 0.4) is 0 Å². The van der Waals surface area contributed by atoms with Crippen molar-refractivity contribution in [2.24, 2.45) is 0 Å². The maximum absolute atomic E-state index is 12.3. The Kier molecular flexibility index (Phi) is 5.84. The molecule has 12 heteroatoms. The molecule has 0 aliphatic carbocycles. The average molecular weight is 490 g/mol. The molecule has 166 valence electrons. The van der Waals surface area contributed by atoms with Gasteiger partial charge in [-0.3, -0.25) is 0 Å². The molecule has 0 amide bonds. The Morgan fingerprint density at radius 1 is 0.906 bits per heavy atom. The van der Waals surface area contributed by atoms with Crippen LogP contribution in [-0.4, -0.2) is 43.8 Å². The summed E-state index contributed by atoms with van der Waals surface area (Å²) in [6.45, 7) is 1.53. The number of rotatable bonds is 7. The van der Waals surface area contributed by atoms with Gasteiger partial charge in [0.05, 0.1) is 37.0 Å². The molecule has 32 heavy (non-hydrogen) atoms. The van der Waals surface area contributed by atoms with E-state index < -0.39 is 19.7 Å². The number of benzene rings is 2. The molecular formula is C20H19N5O4S3. The molecule has 4 aromatic rings. The molecule has 9 nitrogen and oxygen atoms in total. The van der Waals surface area contributed by atoms with Crippen LogP contribution < -0.4 is 10.6 Å². The monoisotopic (exact) mass is 489 g/mol. The first-order valence-electron chi connectivity index (χ1n) is 9.42. The van der Waals surface area contributed by atoms with E-state index in [1.807, 2.05) is 18.2 Å². The van der Waals surface area contributed by atoms with Crippen LogP contribution in [0.15, 0.2) is 64.1 Å². The zero-order chi connectivity index (χ0) is 22.9. The molecule has 0 saturated carbocycles. The maximum atomic E-state index is 12.3. The van der Waals surface area contributed by atoms with E-state index in [0.29, 0.717) is 11.6 Å². The number of fused-ring (bicyclic) bond motifs is 1. The lowest BCUT2D eigenvalue weighted by Gasteiger charge is -2.13. The minimum Gasteiger partial charge on any atom is -0.340 e. The lowest BCUT2D eigenvalue weighted by atomic mass is 10.3. The van der Waals surface area contributed by atoms with Crippen LogP contribution in [0, 0.1) is 0 Å². The number of thiazole rings is 1. The number of hydrogen-bond donors (Lipinski definition) is 2. The molecule has 0 aliphatic heterocycles. The van der Waals surface area contributed by atoms with Crippen LogP contribution in [0.5, 0.6) is 0 Å². The van der Waals surface area contributed by atoms with E-state index in [9.17, 15) is 16.8 Å². The summed E-state index contributed by atoms with van der Waals surface area (Å²) >= 11 is 1.52. The van der Waals surface area contributed by atoms with Gasteiger partial charge in [0.1, 0.15) is 18.0 Å². The zero-order valence-corrected chi connectivity index (χ0v) is 19.6. The summed E-state index contributed by atoms with van der Waals surface area (Å²) in [5.41, 5.74) is 3.60. The summed E-state index contributed by atoms with van der Waals surface area (Å²) < 4.78 is 50.0. The van der Waals surface area contributed by atoms with Crippen molar-refractivity contribution in [1.82, 2.24) is 15.0 Å². The molecule has 2 N–H and O–H groups in total. The summed E-state index contributed by atoms with van der Waals surface area (Å²) in [5, 5.41) is 6.10. The topological polar surface area (TPSA) is 131 Å². The Balaban J connectivity index is 1.67. The fraction of sp³-hybridized carbons (Fsp3) is 0.150. The Morgan fingerprint density at radius 3 is 2.38 bits per heavy atom. The minimum absolute atomic E-state index is 0.0279. The van der Waals surface area contributed by atoms with Crippen molar-refractivity contribution in [3.05, 3.63) is 54.3 Å². The molecule has 0 saturated heterocycles. The standard InChI is InChI=1S/C20H19N5O4S3/c1-3-32(28,29)14-5-7-18(31(2,26)27)16(9-14)25-20-10-19(21-11-22-20)24-13-4-6-15-17(8-13)30-12-23-15/h4-12H,3H2,1-2H3,(H2,21,22,24,25). The predicted molar refractivity (Wildman–Crippen MR) is 125 cm³/mol. The third-order valence-corrected chi connectivity index (χ3v) is 8.30. The van der Waals surface area contributed by atoms with Crippen LogP contribution >= 0.6 is 11.3 Å². The second-order valence-corrected chi connectivity index (χ2v) is 12.1. The van der Waals surface area contributed by atoms with E-state index in [4.69, 9.17) is 0 Å². The molecule has 0 bridgehead atoms. The lowest BCUT2D eigenvalue weighted by molar-refractivity contribution is 0.595. The Bertz CT molecular complexity index is 1520. The van der Waals surface area contributed by atoms with Crippen molar-refractivity contribution in [3.63, 3.8) is 0 Å². The molecule has 0 spiro atoms. The van der Waals surface area contributed by atoms with E-state index in [1.54, 1.807) is 11.6 Å². The largest absolute Gasteiger partial charge is 0.340 e. The third kappa shape index (κ3) is 4.71. The fourth-order valence-corrected chi connectivity index (χ4v) is 5.45. The van der Waals surface area contributed by atoms with E-state index in [0.717, 1.165) is 22.2 Å². The van der Waals surface area contributed by atoms with E-state index >= 15 is 0 Å². The molecule has 4 rings (SSSR count). The first kappa shape index (κ1) is 22.1. The van der Waals surface area contributed by atoms with E-state index in [2.05, 4.69) is 25.6 Å². The van der Waals surface area contributed by atoms with E-state index in [1.165, 1.54) is 42.8 Å². The van der Waals surface area contributed by atoms with Crippen molar-refractivity contribution in [1.29, 1.82) is 0 Å². The van der Waals surface area contributed by atoms with Crippen LogP contribution in [0.1, 0.15) is 6.92 Å². The zero-order valence-electron chi connectivity index (χ0n) is 17.1. The van der Waals surface area contributed by atoms with Crippen molar-refractivity contribution >= 4 is 64.2 Å². The van der Waals surface area contributed by atoms with Gasteiger partial charge in [-0.25, -0.2) is 31.8 Å². The van der Waals surface area contributed by atoms with Gasteiger partial charge in [-0.1, -0.05) is 6.92 Å². The highest BCUT2D eigenvalue weighted by Gasteiger charge is 2.19. The highest BCUT2D eigenvalue weighted by molar-refractivity contribution is 7.91. The summed E-state index contributed by atoms with van der Waals surface area (Å²) in [7, 11) is -7.14. The smallest absolute Gasteiger partial charge is 0.178 e. The number of sulfone groups is 2. The SMILES string of the molecule is CCS(=O)(=O)c1ccc(S(C)(=O)=O)c(Nc2cc(Nc3ccc4ncsc4c3)ncn2)c1. The van der Waals surface area contributed by atoms with Gasteiger partial charge in [-0.2, -0.15) is 0 Å². The number of nitrogens with zero attached hydrogens (tertiary/aromatic N) is 3. The van der Waals surface area contributed by atoms with Gasteiger partial charge >= 0.3 is 0 Å². The Morgan fingerprint density at radius 2 is 1.66 bits per heavy atom.